The van der Waals surface area contributed by atoms with Gasteiger partial charge in [0.2, 0.25) is 5.91 Å². The normalized spacial score (nSPS) is 17.4. The maximum atomic E-state index is 12.9. The molecule has 2 N–H and O–H groups in total. The zero-order chi connectivity index (χ0) is 25.9. The molecule has 2 amide bonds. The van der Waals surface area contributed by atoms with E-state index in [-0.39, 0.29) is 17.7 Å². The first-order chi connectivity index (χ1) is 17.9. The Balaban J connectivity index is 1.45. The van der Waals surface area contributed by atoms with Gasteiger partial charge >= 0.3 is 0 Å². The molecular formula is C28H29N5O3S. The topological polar surface area (TPSA) is 103 Å². The summed E-state index contributed by atoms with van der Waals surface area (Å²) in [6.07, 6.45) is 5.15. The molecule has 0 unspecified atom stereocenters. The number of hydrogen-bond acceptors (Lipinski definition) is 6. The van der Waals surface area contributed by atoms with E-state index in [0.717, 1.165) is 33.8 Å². The highest BCUT2D eigenvalue weighted by Crippen LogP contribution is 2.35. The van der Waals surface area contributed by atoms with Crippen LogP contribution in [-0.2, 0) is 9.59 Å². The van der Waals surface area contributed by atoms with Crippen LogP contribution in [0, 0.1) is 12.8 Å². The second-order valence-electron chi connectivity index (χ2n) is 9.10. The van der Waals surface area contributed by atoms with Gasteiger partial charge in [0, 0.05) is 36.3 Å². The molecule has 1 aromatic heterocycles. The zero-order valence-electron chi connectivity index (χ0n) is 20.9. The quantitative estimate of drug-likeness (QED) is 0.488. The van der Waals surface area contributed by atoms with Crippen molar-refractivity contribution in [1.82, 2.24) is 14.7 Å². The van der Waals surface area contributed by atoms with Crippen molar-refractivity contribution < 1.29 is 14.3 Å². The Labute approximate surface area is 220 Å². The molecule has 190 valence electrons. The van der Waals surface area contributed by atoms with E-state index in [0.29, 0.717) is 42.6 Å². The Morgan fingerprint density at radius 2 is 1.95 bits per heavy atom. The minimum absolute atomic E-state index is 0.113. The molecule has 3 aromatic rings. The summed E-state index contributed by atoms with van der Waals surface area (Å²) >= 11 is 1.37. The molecule has 2 aliphatic heterocycles. The van der Waals surface area contributed by atoms with Gasteiger partial charge in [-0.1, -0.05) is 18.2 Å². The number of benzene rings is 2. The molecule has 37 heavy (non-hydrogen) atoms. The number of piperidine rings is 1. The second-order valence-corrected chi connectivity index (χ2v) is 10.1. The Morgan fingerprint density at radius 1 is 1.19 bits per heavy atom. The number of carbonyl (C=O) groups is 2. The molecule has 1 fully saturated rings. The second kappa shape index (κ2) is 10.6. The predicted molar refractivity (Wildman–Crippen MR) is 146 cm³/mol. The number of amides is 2. The molecule has 2 aliphatic rings. The van der Waals surface area contributed by atoms with Crippen molar-refractivity contribution in [3.05, 3.63) is 70.8 Å². The van der Waals surface area contributed by atoms with Crippen LogP contribution < -0.4 is 10.5 Å². The lowest BCUT2D eigenvalue weighted by Gasteiger charge is -2.31. The van der Waals surface area contributed by atoms with E-state index in [1.165, 1.54) is 11.8 Å². The molecular weight excluding hydrogens is 486 g/mol. The van der Waals surface area contributed by atoms with Crippen molar-refractivity contribution in [2.24, 2.45) is 16.6 Å². The number of carbonyl (C=O) groups excluding carboxylic acids is 2. The first-order valence-electron chi connectivity index (χ1n) is 12.4. The minimum Gasteiger partial charge on any atom is -0.494 e. The molecule has 0 atom stereocenters. The number of amidine groups is 1. The highest BCUT2D eigenvalue weighted by molar-refractivity contribution is 8.18. The number of primary amides is 1. The SMILES string of the molecule is CCOc1ccc(-c2nn(-c3ccccc3)cc2C=C2SC(N3CCC(C(N)=O)CC3)=NC2=O)cc1C. The number of likely N-dealkylation sites (tertiary alicyclic amines) is 1. The number of para-hydroxylation sites is 1. The van der Waals surface area contributed by atoms with Gasteiger partial charge in [0.1, 0.15) is 11.4 Å². The van der Waals surface area contributed by atoms with Crippen LogP contribution >= 0.6 is 11.8 Å². The van der Waals surface area contributed by atoms with Crippen molar-refractivity contribution in [2.75, 3.05) is 19.7 Å². The summed E-state index contributed by atoms with van der Waals surface area (Å²) in [5, 5.41) is 5.56. The Hall–Kier alpha value is -3.85. The third-order valence-electron chi connectivity index (χ3n) is 6.58. The third kappa shape index (κ3) is 5.32. The van der Waals surface area contributed by atoms with Gasteiger partial charge in [-0.2, -0.15) is 10.1 Å². The molecule has 0 saturated carbocycles. The van der Waals surface area contributed by atoms with Crippen molar-refractivity contribution >= 4 is 34.8 Å². The summed E-state index contributed by atoms with van der Waals surface area (Å²) in [6.45, 7) is 5.89. The number of aryl methyl sites for hydroxylation is 1. The average Bonchev–Trinajstić information content (AvgIpc) is 3.50. The smallest absolute Gasteiger partial charge is 0.286 e. The molecule has 5 rings (SSSR count). The van der Waals surface area contributed by atoms with Gasteiger partial charge < -0.3 is 15.4 Å². The fourth-order valence-corrected chi connectivity index (χ4v) is 5.53. The largest absolute Gasteiger partial charge is 0.494 e. The van der Waals surface area contributed by atoms with E-state index >= 15 is 0 Å². The summed E-state index contributed by atoms with van der Waals surface area (Å²) in [5.41, 5.74) is 9.94. The third-order valence-corrected chi connectivity index (χ3v) is 7.62. The Morgan fingerprint density at radius 3 is 2.62 bits per heavy atom. The first-order valence-corrected chi connectivity index (χ1v) is 13.2. The van der Waals surface area contributed by atoms with Crippen LogP contribution in [0.15, 0.2) is 64.6 Å². The van der Waals surface area contributed by atoms with Crippen LogP contribution in [0.5, 0.6) is 5.75 Å². The molecule has 2 aromatic carbocycles. The number of nitrogens with zero attached hydrogens (tertiary/aromatic N) is 4. The van der Waals surface area contributed by atoms with Gasteiger partial charge in [-0.05, 0) is 80.4 Å². The zero-order valence-corrected chi connectivity index (χ0v) is 21.7. The molecule has 1 saturated heterocycles. The lowest BCUT2D eigenvalue weighted by Crippen LogP contribution is -2.40. The van der Waals surface area contributed by atoms with Gasteiger partial charge in [-0.25, -0.2) is 4.68 Å². The van der Waals surface area contributed by atoms with E-state index in [4.69, 9.17) is 15.6 Å². The van der Waals surface area contributed by atoms with E-state index in [9.17, 15) is 9.59 Å². The minimum atomic E-state index is -0.265. The molecule has 0 radical (unpaired) electrons. The van der Waals surface area contributed by atoms with E-state index < -0.39 is 0 Å². The van der Waals surface area contributed by atoms with Crippen molar-refractivity contribution in [2.45, 2.75) is 26.7 Å². The molecule has 8 nitrogen and oxygen atoms in total. The number of rotatable bonds is 6. The molecule has 0 bridgehead atoms. The van der Waals surface area contributed by atoms with Crippen LogP contribution in [-0.4, -0.2) is 51.4 Å². The van der Waals surface area contributed by atoms with Crippen LogP contribution in [0.2, 0.25) is 0 Å². The number of thioether (sulfide) groups is 1. The first kappa shape index (κ1) is 24.8. The highest BCUT2D eigenvalue weighted by atomic mass is 32.2. The van der Waals surface area contributed by atoms with Gasteiger partial charge in [-0.3, -0.25) is 9.59 Å². The Kier molecular flexibility index (Phi) is 7.14. The highest BCUT2D eigenvalue weighted by Gasteiger charge is 2.31. The van der Waals surface area contributed by atoms with Crippen LogP contribution in [0.1, 0.15) is 30.9 Å². The number of aliphatic imine (C=N–C) groups is 1. The number of hydrogen-bond donors (Lipinski definition) is 1. The maximum absolute atomic E-state index is 12.9. The summed E-state index contributed by atoms with van der Waals surface area (Å²) < 4.78 is 7.54. The summed E-state index contributed by atoms with van der Waals surface area (Å²) in [7, 11) is 0. The van der Waals surface area contributed by atoms with Gasteiger partial charge in [0.15, 0.2) is 5.17 Å². The number of aromatic nitrogens is 2. The van der Waals surface area contributed by atoms with Crippen LogP contribution in [0.25, 0.3) is 23.0 Å². The average molecular weight is 516 g/mol. The van der Waals surface area contributed by atoms with Crippen molar-refractivity contribution in [3.63, 3.8) is 0 Å². The number of ether oxygens (including phenoxy) is 1. The predicted octanol–water partition coefficient (Wildman–Crippen LogP) is 4.41. The van der Waals surface area contributed by atoms with Gasteiger partial charge in [-0.15, -0.1) is 0 Å². The van der Waals surface area contributed by atoms with E-state index in [1.807, 2.05) is 73.3 Å². The number of nitrogens with two attached hydrogens (primary N) is 1. The summed E-state index contributed by atoms with van der Waals surface area (Å²) in [4.78, 5) is 31.3. The fraction of sp³-hybridized carbons (Fsp3) is 0.286. The maximum Gasteiger partial charge on any atom is 0.286 e. The summed E-state index contributed by atoms with van der Waals surface area (Å²) in [6, 6.07) is 15.9. The van der Waals surface area contributed by atoms with Crippen LogP contribution in [0.3, 0.4) is 0 Å². The fourth-order valence-electron chi connectivity index (χ4n) is 4.57. The molecule has 0 aliphatic carbocycles. The monoisotopic (exact) mass is 515 g/mol. The van der Waals surface area contributed by atoms with Gasteiger partial charge in [0.05, 0.1) is 17.2 Å². The van der Waals surface area contributed by atoms with Gasteiger partial charge in [0.25, 0.3) is 5.91 Å². The molecule has 0 spiro atoms. The van der Waals surface area contributed by atoms with Crippen molar-refractivity contribution in [1.29, 1.82) is 0 Å². The van der Waals surface area contributed by atoms with Crippen molar-refractivity contribution in [3.8, 4) is 22.7 Å². The molecule has 3 heterocycles. The van der Waals surface area contributed by atoms with Crippen LogP contribution in [0.4, 0.5) is 0 Å². The lowest BCUT2D eigenvalue weighted by molar-refractivity contribution is -0.123. The molecule has 9 heteroatoms. The standard InChI is InChI=1S/C28H29N5O3S/c1-3-36-23-10-9-20(15-18(23)2)25-21(17-33(31-25)22-7-5-4-6-8-22)16-24-27(35)30-28(37-24)32-13-11-19(12-14-32)26(29)34/h4-10,15-17,19H,3,11-14H2,1-2H3,(H2,29,34). The summed E-state index contributed by atoms with van der Waals surface area (Å²) in [5.74, 6) is 0.203. The Bertz CT molecular complexity index is 1390. The van der Waals surface area contributed by atoms with E-state index in [2.05, 4.69) is 16.0 Å². The lowest BCUT2D eigenvalue weighted by atomic mass is 9.97. The van der Waals surface area contributed by atoms with E-state index in [1.54, 1.807) is 0 Å².